The first-order chi connectivity index (χ1) is 10.9. The summed E-state index contributed by atoms with van der Waals surface area (Å²) in [4.78, 5) is 0. The lowest BCUT2D eigenvalue weighted by Gasteiger charge is -2.56. The van der Waals surface area contributed by atoms with Crippen molar-refractivity contribution >= 4 is 6.08 Å². The first-order valence-corrected chi connectivity index (χ1v) is 9.27. The van der Waals surface area contributed by atoms with E-state index in [1.807, 2.05) is 0 Å². The number of hydrogen-bond acceptors (Lipinski definition) is 1. The Kier molecular flexibility index (Phi) is 3.25. The van der Waals surface area contributed by atoms with Crippen LogP contribution in [0.1, 0.15) is 75.5 Å². The Bertz CT molecular complexity index is 681. The van der Waals surface area contributed by atoms with E-state index < -0.39 is 0 Å². The van der Waals surface area contributed by atoms with E-state index in [1.54, 1.807) is 18.2 Å². The Balaban J connectivity index is 1.82. The zero-order valence-electron chi connectivity index (χ0n) is 15.3. The van der Waals surface area contributed by atoms with Crippen molar-refractivity contribution < 1.29 is 4.74 Å². The van der Waals surface area contributed by atoms with Gasteiger partial charge in [-0.1, -0.05) is 38.8 Å². The number of rotatable bonds is 1. The highest BCUT2D eigenvalue weighted by Crippen LogP contribution is 2.65. The van der Waals surface area contributed by atoms with Gasteiger partial charge in [-0.3, -0.25) is 0 Å². The molecule has 0 aliphatic heterocycles. The molecule has 0 N–H and O–H groups in total. The molecule has 4 rings (SSSR count). The Morgan fingerprint density at radius 3 is 2.61 bits per heavy atom. The normalized spacial score (nSPS) is 34.2. The average Bonchev–Trinajstić information content (AvgIpc) is 2.86. The van der Waals surface area contributed by atoms with Crippen molar-refractivity contribution in [1.82, 2.24) is 0 Å². The number of ether oxygens (including phenoxy) is 1. The van der Waals surface area contributed by atoms with Gasteiger partial charge in [-0.15, -0.1) is 0 Å². The average molecular weight is 310 g/mol. The minimum absolute atomic E-state index is 0.392. The van der Waals surface area contributed by atoms with Crippen LogP contribution >= 0.6 is 0 Å². The maximum atomic E-state index is 5.51. The summed E-state index contributed by atoms with van der Waals surface area (Å²) >= 11 is 0. The predicted molar refractivity (Wildman–Crippen MR) is 96.9 cm³/mol. The SMILES string of the molecule is COc1cc(C)c2c(c1)C=C1C2CCC2C(C)(C)CCCC12C. The molecule has 0 spiro atoms. The predicted octanol–water partition coefficient (Wildman–Crippen LogP) is 6.11. The Labute approximate surface area is 141 Å². The largest absolute Gasteiger partial charge is 0.497 e. The molecule has 3 unspecified atom stereocenters. The summed E-state index contributed by atoms with van der Waals surface area (Å²) in [7, 11) is 1.78. The molecule has 1 aromatic carbocycles. The molecule has 3 atom stereocenters. The van der Waals surface area contributed by atoms with E-state index in [2.05, 4.69) is 45.9 Å². The van der Waals surface area contributed by atoms with Crippen LogP contribution in [-0.4, -0.2) is 7.11 Å². The standard InChI is InChI=1S/C22H30O/c1-14-11-16(23-5)12-15-13-18-17(20(14)15)7-8-19-21(2,3)9-6-10-22(18,19)4/h11-13,17,19H,6-10H2,1-5H3. The molecule has 0 heterocycles. The van der Waals surface area contributed by atoms with E-state index in [9.17, 15) is 0 Å². The second-order valence-electron chi connectivity index (χ2n) is 8.99. The second-order valence-corrected chi connectivity index (χ2v) is 8.99. The topological polar surface area (TPSA) is 9.23 Å². The van der Waals surface area contributed by atoms with E-state index in [0.717, 1.165) is 11.7 Å². The fraction of sp³-hybridized carbons (Fsp3) is 0.636. The number of hydrogen-bond donors (Lipinski definition) is 0. The van der Waals surface area contributed by atoms with Crippen molar-refractivity contribution in [2.24, 2.45) is 16.7 Å². The lowest BCUT2D eigenvalue weighted by molar-refractivity contribution is 0.000788. The fourth-order valence-corrected chi connectivity index (χ4v) is 6.30. The molecule has 0 saturated heterocycles. The van der Waals surface area contributed by atoms with Gasteiger partial charge in [0.05, 0.1) is 7.11 Å². The van der Waals surface area contributed by atoms with Gasteiger partial charge in [-0.05, 0) is 78.2 Å². The van der Waals surface area contributed by atoms with Crippen LogP contribution in [0.25, 0.3) is 6.08 Å². The summed E-state index contributed by atoms with van der Waals surface area (Å²) in [5.74, 6) is 2.50. The molecule has 1 nitrogen and oxygen atoms in total. The minimum Gasteiger partial charge on any atom is -0.497 e. The number of allylic oxidation sites excluding steroid dienone is 1. The molecule has 0 bridgehead atoms. The van der Waals surface area contributed by atoms with Gasteiger partial charge < -0.3 is 4.74 Å². The lowest BCUT2D eigenvalue weighted by atomic mass is 9.48. The van der Waals surface area contributed by atoms with Crippen molar-refractivity contribution in [2.75, 3.05) is 7.11 Å². The van der Waals surface area contributed by atoms with Crippen molar-refractivity contribution in [3.63, 3.8) is 0 Å². The van der Waals surface area contributed by atoms with Gasteiger partial charge in [0.25, 0.3) is 0 Å². The van der Waals surface area contributed by atoms with Crippen LogP contribution in [0.2, 0.25) is 0 Å². The highest BCUT2D eigenvalue weighted by molar-refractivity contribution is 5.71. The Morgan fingerprint density at radius 1 is 1.09 bits per heavy atom. The van der Waals surface area contributed by atoms with Gasteiger partial charge in [-0.2, -0.15) is 0 Å². The maximum Gasteiger partial charge on any atom is 0.119 e. The van der Waals surface area contributed by atoms with E-state index in [-0.39, 0.29) is 0 Å². The quantitative estimate of drug-likeness (QED) is 0.608. The van der Waals surface area contributed by atoms with Gasteiger partial charge in [0.2, 0.25) is 0 Å². The highest BCUT2D eigenvalue weighted by Gasteiger charge is 2.53. The van der Waals surface area contributed by atoms with Crippen LogP contribution in [0.5, 0.6) is 5.75 Å². The number of aryl methyl sites for hydroxylation is 1. The summed E-state index contributed by atoms with van der Waals surface area (Å²) in [6.45, 7) is 9.84. The summed E-state index contributed by atoms with van der Waals surface area (Å²) in [6, 6.07) is 4.47. The molecule has 0 radical (unpaired) electrons. The first-order valence-electron chi connectivity index (χ1n) is 9.27. The third-order valence-electron chi connectivity index (χ3n) is 7.30. The van der Waals surface area contributed by atoms with Crippen molar-refractivity contribution in [2.45, 2.75) is 65.7 Å². The monoisotopic (exact) mass is 310 g/mol. The smallest absolute Gasteiger partial charge is 0.119 e. The molecule has 124 valence electrons. The fourth-order valence-electron chi connectivity index (χ4n) is 6.30. The zero-order chi connectivity index (χ0) is 16.4. The molecule has 1 aromatic rings. The van der Waals surface area contributed by atoms with Gasteiger partial charge in [-0.25, -0.2) is 0 Å². The molecule has 2 saturated carbocycles. The van der Waals surface area contributed by atoms with E-state index in [0.29, 0.717) is 16.7 Å². The summed E-state index contributed by atoms with van der Waals surface area (Å²) in [5.41, 5.74) is 7.03. The van der Waals surface area contributed by atoms with Crippen LogP contribution in [0, 0.1) is 23.7 Å². The zero-order valence-corrected chi connectivity index (χ0v) is 15.3. The van der Waals surface area contributed by atoms with Crippen LogP contribution in [0.15, 0.2) is 17.7 Å². The maximum absolute atomic E-state index is 5.51. The number of methoxy groups -OCH3 is 1. The molecule has 1 heteroatoms. The van der Waals surface area contributed by atoms with Gasteiger partial charge in [0.15, 0.2) is 0 Å². The molecule has 3 aliphatic carbocycles. The minimum atomic E-state index is 0.392. The first kappa shape index (κ1) is 15.3. The van der Waals surface area contributed by atoms with E-state index in [4.69, 9.17) is 4.74 Å². The Hall–Kier alpha value is -1.24. The Morgan fingerprint density at radius 2 is 1.87 bits per heavy atom. The van der Waals surface area contributed by atoms with Crippen molar-refractivity contribution in [3.8, 4) is 5.75 Å². The highest BCUT2D eigenvalue weighted by atomic mass is 16.5. The molecule has 0 amide bonds. The molecule has 2 fully saturated rings. The van der Waals surface area contributed by atoms with Crippen LogP contribution < -0.4 is 4.74 Å². The molecule has 3 aliphatic rings. The van der Waals surface area contributed by atoms with Crippen molar-refractivity contribution in [1.29, 1.82) is 0 Å². The lowest BCUT2D eigenvalue weighted by Crippen LogP contribution is -2.46. The summed E-state index contributed by atoms with van der Waals surface area (Å²) < 4.78 is 5.51. The third-order valence-corrected chi connectivity index (χ3v) is 7.30. The molecule has 0 aromatic heterocycles. The van der Waals surface area contributed by atoms with E-state index >= 15 is 0 Å². The van der Waals surface area contributed by atoms with Crippen LogP contribution in [0.4, 0.5) is 0 Å². The van der Waals surface area contributed by atoms with Gasteiger partial charge in [0, 0.05) is 5.92 Å². The summed E-state index contributed by atoms with van der Waals surface area (Å²) in [5, 5.41) is 0. The van der Waals surface area contributed by atoms with Crippen LogP contribution in [0.3, 0.4) is 0 Å². The number of benzene rings is 1. The van der Waals surface area contributed by atoms with Crippen LogP contribution in [-0.2, 0) is 0 Å². The van der Waals surface area contributed by atoms with E-state index in [1.165, 1.54) is 43.2 Å². The summed E-state index contributed by atoms with van der Waals surface area (Å²) in [6.07, 6.45) is 9.39. The second kappa shape index (κ2) is 4.88. The van der Waals surface area contributed by atoms with Gasteiger partial charge >= 0.3 is 0 Å². The molecular formula is C22H30O. The molecule has 23 heavy (non-hydrogen) atoms. The number of fused-ring (bicyclic) bond motifs is 5. The molecular weight excluding hydrogens is 280 g/mol. The van der Waals surface area contributed by atoms with Crippen molar-refractivity contribution in [3.05, 3.63) is 34.4 Å². The third kappa shape index (κ3) is 2.05. The van der Waals surface area contributed by atoms with Gasteiger partial charge in [0.1, 0.15) is 5.75 Å².